The highest BCUT2D eigenvalue weighted by Crippen LogP contribution is 2.28. The number of rotatable bonds is 8. The lowest BCUT2D eigenvalue weighted by molar-refractivity contribution is 0.0731. The minimum absolute atomic E-state index is 0.0508. The second-order valence-corrected chi connectivity index (χ2v) is 9.17. The van der Waals surface area contributed by atoms with Gasteiger partial charge in [0, 0.05) is 62.7 Å². The third kappa shape index (κ3) is 5.39. The van der Waals surface area contributed by atoms with E-state index in [0.29, 0.717) is 18.7 Å². The summed E-state index contributed by atoms with van der Waals surface area (Å²) in [4.78, 5) is 23.3. The fourth-order valence-corrected chi connectivity index (χ4v) is 4.85. The number of pyridine rings is 1. The first kappa shape index (κ1) is 24.6. The van der Waals surface area contributed by atoms with E-state index in [1.54, 1.807) is 11.1 Å². The molecule has 1 amide bonds. The van der Waals surface area contributed by atoms with Crippen molar-refractivity contribution in [3.63, 3.8) is 0 Å². The van der Waals surface area contributed by atoms with Gasteiger partial charge in [0.15, 0.2) is 5.82 Å². The van der Waals surface area contributed by atoms with Crippen molar-refractivity contribution in [2.45, 2.75) is 13.3 Å². The number of nitrogens with zero attached hydrogens (tertiary/aromatic N) is 6. The van der Waals surface area contributed by atoms with E-state index in [-0.39, 0.29) is 12.5 Å². The van der Waals surface area contributed by atoms with Crippen LogP contribution in [0.3, 0.4) is 0 Å². The molecule has 1 fully saturated rings. The maximum absolute atomic E-state index is 12.6. The van der Waals surface area contributed by atoms with Crippen molar-refractivity contribution in [1.29, 1.82) is 0 Å². The molecular formula is C29H32N6O2. The Hall–Kier alpha value is -4.04. The molecule has 1 aliphatic rings. The van der Waals surface area contributed by atoms with Gasteiger partial charge >= 0.3 is 0 Å². The van der Waals surface area contributed by atoms with Gasteiger partial charge in [-0.3, -0.25) is 4.79 Å². The van der Waals surface area contributed by atoms with Crippen molar-refractivity contribution in [2.75, 3.05) is 55.7 Å². The van der Waals surface area contributed by atoms with Crippen LogP contribution in [0.15, 0.2) is 72.9 Å². The molecule has 3 heterocycles. The predicted molar refractivity (Wildman–Crippen MR) is 146 cm³/mol. The SMILES string of the molecule is CCN(CCO)C(=O)c1ccc(N2CCN(c3nnc(Cc4ccccc4)c4ccccc34)CC2)nc1. The van der Waals surface area contributed by atoms with Gasteiger partial charge in [-0.15, -0.1) is 5.10 Å². The van der Waals surface area contributed by atoms with Gasteiger partial charge < -0.3 is 19.8 Å². The normalized spacial score (nSPS) is 13.7. The Balaban J connectivity index is 1.28. The smallest absolute Gasteiger partial charge is 0.255 e. The van der Waals surface area contributed by atoms with Crippen LogP contribution in [0.4, 0.5) is 11.6 Å². The number of aliphatic hydroxyl groups excluding tert-OH is 1. The fourth-order valence-electron chi connectivity index (χ4n) is 4.85. The number of hydrogen-bond donors (Lipinski definition) is 1. The van der Waals surface area contributed by atoms with Crippen LogP contribution in [0.25, 0.3) is 10.8 Å². The highest BCUT2D eigenvalue weighted by Gasteiger charge is 2.22. The van der Waals surface area contributed by atoms with Gasteiger partial charge in [0.05, 0.1) is 17.9 Å². The molecule has 4 aromatic rings. The van der Waals surface area contributed by atoms with Crippen LogP contribution in [0.2, 0.25) is 0 Å². The van der Waals surface area contributed by atoms with E-state index in [1.165, 1.54) is 5.56 Å². The Morgan fingerprint density at radius 1 is 0.892 bits per heavy atom. The van der Waals surface area contributed by atoms with Crippen molar-refractivity contribution >= 4 is 28.3 Å². The lowest BCUT2D eigenvalue weighted by atomic mass is 10.0. The molecule has 5 rings (SSSR count). The van der Waals surface area contributed by atoms with Crippen LogP contribution < -0.4 is 9.80 Å². The maximum atomic E-state index is 12.6. The minimum atomic E-state index is -0.110. The number of hydrogen-bond acceptors (Lipinski definition) is 7. The number of piperazine rings is 1. The number of carbonyl (C=O) groups excluding carboxylic acids is 1. The van der Waals surface area contributed by atoms with Crippen molar-refractivity contribution in [3.05, 3.63) is 89.7 Å². The third-order valence-electron chi connectivity index (χ3n) is 6.90. The summed E-state index contributed by atoms with van der Waals surface area (Å²) in [6.45, 7) is 5.93. The van der Waals surface area contributed by atoms with Crippen LogP contribution in [0.5, 0.6) is 0 Å². The van der Waals surface area contributed by atoms with E-state index < -0.39 is 0 Å². The Morgan fingerprint density at radius 2 is 1.59 bits per heavy atom. The van der Waals surface area contributed by atoms with Crippen LogP contribution in [0, 0.1) is 0 Å². The lowest BCUT2D eigenvalue weighted by Crippen LogP contribution is -2.47. The average molecular weight is 497 g/mol. The molecule has 1 saturated heterocycles. The molecule has 0 saturated carbocycles. The zero-order chi connectivity index (χ0) is 25.6. The van der Waals surface area contributed by atoms with E-state index in [4.69, 9.17) is 0 Å². The molecule has 1 aliphatic heterocycles. The van der Waals surface area contributed by atoms with Crippen LogP contribution in [-0.4, -0.2) is 77.0 Å². The van der Waals surface area contributed by atoms with Gasteiger partial charge in [-0.25, -0.2) is 4.98 Å². The zero-order valence-electron chi connectivity index (χ0n) is 21.1. The zero-order valence-corrected chi connectivity index (χ0v) is 21.1. The third-order valence-corrected chi connectivity index (χ3v) is 6.90. The first-order valence-corrected chi connectivity index (χ1v) is 12.8. The van der Waals surface area contributed by atoms with Gasteiger partial charge in [0.25, 0.3) is 5.91 Å². The number of amides is 1. The number of carbonyl (C=O) groups is 1. The number of likely N-dealkylation sites (N-methyl/N-ethyl adjacent to an activating group) is 1. The molecular weight excluding hydrogens is 464 g/mol. The first-order valence-electron chi connectivity index (χ1n) is 12.8. The summed E-state index contributed by atoms with van der Waals surface area (Å²) in [5.74, 6) is 1.67. The van der Waals surface area contributed by atoms with E-state index in [1.807, 2.05) is 25.1 Å². The monoisotopic (exact) mass is 496 g/mol. The molecule has 2 aromatic heterocycles. The summed E-state index contributed by atoms with van der Waals surface area (Å²) < 4.78 is 0. The summed E-state index contributed by atoms with van der Waals surface area (Å²) >= 11 is 0. The Morgan fingerprint density at radius 3 is 2.27 bits per heavy atom. The average Bonchev–Trinajstić information content (AvgIpc) is 2.96. The molecule has 0 atom stereocenters. The van der Waals surface area contributed by atoms with Crippen molar-refractivity contribution < 1.29 is 9.90 Å². The second-order valence-electron chi connectivity index (χ2n) is 9.17. The highest BCUT2D eigenvalue weighted by molar-refractivity contribution is 5.94. The molecule has 2 aromatic carbocycles. The van der Waals surface area contributed by atoms with Crippen molar-refractivity contribution in [2.24, 2.45) is 0 Å². The van der Waals surface area contributed by atoms with Gasteiger partial charge in [-0.1, -0.05) is 54.6 Å². The molecule has 0 bridgehead atoms. The maximum Gasteiger partial charge on any atom is 0.255 e. The minimum Gasteiger partial charge on any atom is -0.395 e. The summed E-state index contributed by atoms with van der Waals surface area (Å²) in [7, 11) is 0. The highest BCUT2D eigenvalue weighted by atomic mass is 16.3. The molecule has 0 unspecified atom stereocenters. The van der Waals surface area contributed by atoms with E-state index in [0.717, 1.165) is 60.7 Å². The molecule has 37 heavy (non-hydrogen) atoms. The number of aliphatic hydroxyl groups is 1. The molecule has 8 nitrogen and oxygen atoms in total. The van der Waals surface area contributed by atoms with E-state index in [9.17, 15) is 9.90 Å². The molecule has 8 heteroatoms. The quantitative estimate of drug-likeness (QED) is 0.400. The first-order chi connectivity index (χ1) is 18.2. The van der Waals surface area contributed by atoms with Crippen molar-refractivity contribution in [3.8, 4) is 0 Å². The number of aromatic nitrogens is 3. The summed E-state index contributed by atoms with van der Waals surface area (Å²) in [6.07, 6.45) is 2.39. The standard InChI is InChI=1S/C29H32N6O2/c1-2-33(18-19-36)29(37)23-12-13-27(30-21-23)34-14-16-35(17-15-34)28-25-11-7-6-10-24(25)26(31-32-28)20-22-8-4-3-5-9-22/h3-13,21,36H,2,14-20H2,1H3. The van der Waals surface area contributed by atoms with Gasteiger partial charge in [0.1, 0.15) is 5.82 Å². The molecule has 0 aliphatic carbocycles. The number of anilines is 2. The van der Waals surface area contributed by atoms with Gasteiger partial charge in [-0.05, 0) is 24.6 Å². The predicted octanol–water partition coefficient (Wildman–Crippen LogP) is 3.40. The molecule has 1 N–H and O–H groups in total. The number of benzene rings is 2. The topological polar surface area (TPSA) is 85.7 Å². The van der Waals surface area contributed by atoms with E-state index >= 15 is 0 Å². The lowest BCUT2D eigenvalue weighted by Gasteiger charge is -2.36. The van der Waals surface area contributed by atoms with Crippen molar-refractivity contribution in [1.82, 2.24) is 20.1 Å². The number of fused-ring (bicyclic) bond motifs is 1. The van der Waals surface area contributed by atoms with Crippen LogP contribution >= 0.6 is 0 Å². The Bertz CT molecular complexity index is 1340. The van der Waals surface area contributed by atoms with Crippen LogP contribution in [-0.2, 0) is 6.42 Å². The van der Waals surface area contributed by atoms with E-state index in [2.05, 4.69) is 73.5 Å². The molecule has 190 valence electrons. The van der Waals surface area contributed by atoms with Gasteiger partial charge in [0.2, 0.25) is 0 Å². The molecule has 0 spiro atoms. The summed E-state index contributed by atoms with van der Waals surface area (Å²) in [5.41, 5.74) is 2.75. The summed E-state index contributed by atoms with van der Waals surface area (Å²) in [6, 6.07) is 22.5. The largest absolute Gasteiger partial charge is 0.395 e. The summed E-state index contributed by atoms with van der Waals surface area (Å²) in [5, 5.41) is 20.8. The Kier molecular flexibility index (Phi) is 7.56. The fraction of sp³-hybridized carbons (Fsp3) is 0.310. The Labute approximate surface area is 217 Å². The van der Waals surface area contributed by atoms with Gasteiger partial charge in [-0.2, -0.15) is 5.10 Å². The van der Waals surface area contributed by atoms with Crippen LogP contribution in [0.1, 0.15) is 28.5 Å². The second kappa shape index (κ2) is 11.3. The molecule has 0 radical (unpaired) electrons.